The van der Waals surface area contributed by atoms with Crippen molar-refractivity contribution in [2.24, 2.45) is 5.92 Å². The van der Waals surface area contributed by atoms with Crippen molar-refractivity contribution in [3.05, 3.63) is 6.92 Å². The molecular formula is C12H22NO. The topological polar surface area (TPSA) is 40.9 Å². The van der Waals surface area contributed by atoms with Crippen LogP contribution in [0.1, 0.15) is 52.4 Å². The third kappa shape index (κ3) is 6.81. The largest absolute Gasteiger partial charge is 0.302 e. The maximum absolute atomic E-state index is 11.4. The number of nitrogens with one attached hydrogen (secondary N) is 1. The van der Waals surface area contributed by atoms with Crippen LogP contribution in [-0.2, 0) is 4.79 Å². The molecule has 0 aliphatic carbocycles. The van der Waals surface area contributed by atoms with Crippen molar-refractivity contribution in [3.8, 4) is 0 Å². The number of carbonyl (C=O) groups excluding carboxylic acids is 1. The van der Waals surface area contributed by atoms with E-state index in [0.29, 0.717) is 24.5 Å². The monoisotopic (exact) mass is 196 g/mol. The number of hydrogen-bond acceptors (Lipinski definition) is 2. The van der Waals surface area contributed by atoms with E-state index in [9.17, 15) is 4.79 Å². The maximum Gasteiger partial charge on any atom is 0.176 e. The second kappa shape index (κ2) is 7.72. The molecule has 0 atom stereocenters. The van der Waals surface area contributed by atoms with Crippen molar-refractivity contribution in [2.45, 2.75) is 52.4 Å². The number of hydrogen-bond donors (Lipinski definition) is 1. The van der Waals surface area contributed by atoms with Crippen molar-refractivity contribution in [3.63, 3.8) is 0 Å². The Balaban J connectivity index is 3.60. The molecule has 0 aromatic heterocycles. The number of unbranched alkanes of at least 4 members (excludes halogenated alkanes) is 2. The van der Waals surface area contributed by atoms with E-state index in [1.807, 2.05) is 0 Å². The smallest absolute Gasteiger partial charge is 0.176 e. The van der Waals surface area contributed by atoms with Crippen molar-refractivity contribution in [1.82, 2.24) is 0 Å². The minimum absolute atomic E-state index is 0.0303. The van der Waals surface area contributed by atoms with Crippen LogP contribution in [0.4, 0.5) is 0 Å². The summed E-state index contributed by atoms with van der Waals surface area (Å²) in [7, 11) is 0. The fourth-order valence-corrected chi connectivity index (χ4v) is 1.19. The molecule has 2 nitrogen and oxygen atoms in total. The van der Waals surface area contributed by atoms with Crippen LogP contribution in [-0.4, -0.2) is 11.5 Å². The van der Waals surface area contributed by atoms with Crippen molar-refractivity contribution in [2.75, 3.05) is 0 Å². The predicted molar refractivity (Wildman–Crippen MR) is 60.6 cm³/mol. The molecule has 0 amide bonds. The zero-order valence-corrected chi connectivity index (χ0v) is 9.44. The minimum atomic E-state index is 0.0303. The SMILES string of the molecule is [CH2]CCCCC(=N)C(=O)CCC(C)C. The van der Waals surface area contributed by atoms with Crippen LogP contribution in [0.25, 0.3) is 0 Å². The molecule has 0 aliphatic rings. The van der Waals surface area contributed by atoms with E-state index in [1.165, 1.54) is 0 Å². The highest BCUT2D eigenvalue weighted by Gasteiger charge is 2.09. The number of rotatable bonds is 8. The summed E-state index contributed by atoms with van der Waals surface area (Å²) >= 11 is 0. The highest BCUT2D eigenvalue weighted by molar-refractivity contribution is 6.38. The fourth-order valence-electron chi connectivity index (χ4n) is 1.19. The minimum Gasteiger partial charge on any atom is -0.302 e. The van der Waals surface area contributed by atoms with Crippen LogP contribution in [0.15, 0.2) is 0 Å². The quantitative estimate of drug-likeness (QED) is 0.469. The Morgan fingerprint density at radius 3 is 2.43 bits per heavy atom. The highest BCUT2D eigenvalue weighted by atomic mass is 16.1. The molecule has 0 aliphatic heterocycles. The summed E-state index contributed by atoms with van der Waals surface area (Å²) in [5.74, 6) is 0.578. The molecule has 0 bridgehead atoms. The molecule has 0 rings (SSSR count). The van der Waals surface area contributed by atoms with Crippen LogP contribution in [0, 0.1) is 18.3 Å². The second-order valence-electron chi connectivity index (χ2n) is 4.14. The Bertz CT molecular complexity index is 185. The van der Waals surface area contributed by atoms with Gasteiger partial charge in [-0.2, -0.15) is 0 Å². The molecular weight excluding hydrogens is 174 g/mol. The summed E-state index contributed by atoms with van der Waals surface area (Å²) in [6.07, 6.45) is 4.91. The standard InChI is InChI=1S/C12H22NO/c1-4-5-6-7-11(13)12(14)9-8-10(2)3/h10,13H,1,4-9H2,2-3H3. The first-order chi connectivity index (χ1) is 6.57. The fraction of sp³-hybridized carbons (Fsp3) is 0.750. The van der Waals surface area contributed by atoms with Crippen LogP contribution in [0.5, 0.6) is 0 Å². The van der Waals surface area contributed by atoms with Gasteiger partial charge in [0.05, 0.1) is 5.71 Å². The predicted octanol–water partition coefficient (Wildman–Crippen LogP) is 3.41. The lowest BCUT2D eigenvalue weighted by Crippen LogP contribution is -2.13. The van der Waals surface area contributed by atoms with E-state index in [4.69, 9.17) is 5.41 Å². The molecule has 14 heavy (non-hydrogen) atoms. The average molecular weight is 196 g/mol. The lowest BCUT2D eigenvalue weighted by atomic mass is 10.0. The first kappa shape index (κ1) is 13.3. The molecule has 0 spiro atoms. The molecule has 0 fully saturated rings. The van der Waals surface area contributed by atoms with Gasteiger partial charge in [0.1, 0.15) is 0 Å². The molecule has 0 saturated heterocycles. The Morgan fingerprint density at radius 2 is 1.93 bits per heavy atom. The first-order valence-corrected chi connectivity index (χ1v) is 5.47. The lowest BCUT2D eigenvalue weighted by Gasteiger charge is -2.04. The Morgan fingerprint density at radius 1 is 1.29 bits per heavy atom. The van der Waals surface area contributed by atoms with Crippen LogP contribution < -0.4 is 0 Å². The maximum atomic E-state index is 11.4. The van der Waals surface area contributed by atoms with E-state index in [0.717, 1.165) is 25.7 Å². The number of Topliss-reactive ketones (excluding diaryl/α,β-unsaturated/α-hetero) is 1. The van der Waals surface area contributed by atoms with Crippen LogP contribution in [0.3, 0.4) is 0 Å². The summed E-state index contributed by atoms with van der Waals surface area (Å²) in [6, 6.07) is 0. The molecule has 0 aromatic carbocycles. The average Bonchev–Trinajstić information content (AvgIpc) is 2.14. The summed E-state index contributed by atoms with van der Waals surface area (Å²) in [5.41, 5.74) is 0.305. The third-order valence-corrected chi connectivity index (χ3v) is 2.21. The molecule has 0 heterocycles. The van der Waals surface area contributed by atoms with Gasteiger partial charge in [-0.25, -0.2) is 0 Å². The second-order valence-corrected chi connectivity index (χ2v) is 4.14. The van der Waals surface area contributed by atoms with Gasteiger partial charge in [-0.1, -0.05) is 33.6 Å². The Kier molecular flexibility index (Phi) is 7.35. The molecule has 0 unspecified atom stereocenters. The summed E-state index contributed by atoms with van der Waals surface area (Å²) < 4.78 is 0. The van der Waals surface area contributed by atoms with Gasteiger partial charge in [-0.15, -0.1) is 0 Å². The number of ketones is 1. The van der Waals surface area contributed by atoms with Crippen LogP contribution >= 0.6 is 0 Å². The molecule has 2 heteroatoms. The van der Waals surface area contributed by atoms with E-state index in [1.54, 1.807) is 0 Å². The van der Waals surface area contributed by atoms with E-state index < -0.39 is 0 Å². The van der Waals surface area contributed by atoms with E-state index in [2.05, 4.69) is 20.8 Å². The Hall–Kier alpha value is -0.660. The summed E-state index contributed by atoms with van der Waals surface area (Å²) in [6.45, 7) is 7.93. The molecule has 0 saturated carbocycles. The van der Waals surface area contributed by atoms with E-state index >= 15 is 0 Å². The zero-order valence-electron chi connectivity index (χ0n) is 9.44. The van der Waals surface area contributed by atoms with Gasteiger partial charge in [0.2, 0.25) is 0 Å². The van der Waals surface area contributed by atoms with Gasteiger partial charge in [0.15, 0.2) is 5.78 Å². The normalized spacial score (nSPS) is 10.6. The van der Waals surface area contributed by atoms with E-state index in [-0.39, 0.29) is 5.78 Å². The van der Waals surface area contributed by atoms with Crippen molar-refractivity contribution < 1.29 is 4.79 Å². The lowest BCUT2D eigenvalue weighted by molar-refractivity contribution is -0.113. The highest BCUT2D eigenvalue weighted by Crippen LogP contribution is 2.07. The van der Waals surface area contributed by atoms with Gasteiger partial charge in [-0.3, -0.25) is 4.79 Å². The van der Waals surface area contributed by atoms with Gasteiger partial charge < -0.3 is 5.41 Å². The van der Waals surface area contributed by atoms with Crippen LogP contribution in [0.2, 0.25) is 0 Å². The first-order valence-electron chi connectivity index (χ1n) is 5.47. The van der Waals surface area contributed by atoms with Gasteiger partial charge in [-0.05, 0) is 25.2 Å². The third-order valence-electron chi connectivity index (χ3n) is 2.21. The molecule has 0 aromatic rings. The molecule has 81 valence electrons. The number of carbonyl (C=O) groups is 1. The van der Waals surface area contributed by atoms with Gasteiger partial charge in [0.25, 0.3) is 0 Å². The molecule has 1 N–H and O–H groups in total. The molecule has 1 radical (unpaired) electrons. The van der Waals surface area contributed by atoms with Gasteiger partial charge >= 0.3 is 0 Å². The van der Waals surface area contributed by atoms with Gasteiger partial charge in [0, 0.05) is 6.42 Å². The van der Waals surface area contributed by atoms with Crippen molar-refractivity contribution in [1.29, 1.82) is 5.41 Å². The zero-order chi connectivity index (χ0) is 11.0. The van der Waals surface area contributed by atoms with Crippen molar-refractivity contribution >= 4 is 11.5 Å². The summed E-state index contributed by atoms with van der Waals surface area (Å²) in [5, 5.41) is 7.55. The Labute approximate surface area is 87.6 Å². The summed E-state index contributed by atoms with van der Waals surface area (Å²) in [4.78, 5) is 11.4.